The Labute approximate surface area is 103 Å². The van der Waals surface area contributed by atoms with Crippen molar-refractivity contribution in [2.75, 3.05) is 5.73 Å². The first-order valence-corrected chi connectivity index (χ1v) is 5.67. The quantitative estimate of drug-likeness (QED) is 0.675. The van der Waals surface area contributed by atoms with Gasteiger partial charge < -0.3 is 10.2 Å². The van der Waals surface area contributed by atoms with Gasteiger partial charge in [-0.1, -0.05) is 18.2 Å². The lowest BCUT2D eigenvalue weighted by Crippen LogP contribution is -1.93. The van der Waals surface area contributed by atoms with Crippen LogP contribution in [0.1, 0.15) is 11.1 Å². The zero-order valence-electron chi connectivity index (χ0n) is 9.64. The number of rotatable bonds is 2. The third kappa shape index (κ3) is 2.00. The Kier molecular flexibility index (Phi) is 2.41. The highest BCUT2D eigenvalue weighted by atomic mass is 16.4. The third-order valence-electron chi connectivity index (χ3n) is 2.87. The summed E-state index contributed by atoms with van der Waals surface area (Å²) < 4.78 is 4.96. The van der Waals surface area contributed by atoms with E-state index < -0.39 is 5.76 Å². The molecular weight excluding hydrogens is 228 g/mol. The maximum Gasteiger partial charge on any atom is 0.417 e. The van der Waals surface area contributed by atoms with Crippen LogP contribution in [0, 0.1) is 0 Å². The Morgan fingerprint density at radius 1 is 1.06 bits per heavy atom. The molecule has 2 aromatic carbocycles. The second-order valence-electron chi connectivity index (χ2n) is 4.26. The number of nitrogen functional groups attached to an aromatic ring is 1. The van der Waals surface area contributed by atoms with Crippen LogP contribution in [0.15, 0.2) is 51.7 Å². The van der Waals surface area contributed by atoms with E-state index in [0.29, 0.717) is 5.58 Å². The number of aromatic nitrogens is 1. The fourth-order valence-electron chi connectivity index (χ4n) is 1.98. The second kappa shape index (κ2) is 4.07. The Bertz CT molecular complexity index is 738. The van der Waals surface area contributed by atoms with E-state index in [4.69, 9.17) is 10.2 Å². The number of anilines is 1. The summed E-state index contributed by atoms with van der Waals surface area (Å²) in [4.78, 5) is 13.7. The zero-order valence-corrected chi connectivity index (χ0v) is 9.64. The minimum absolute atomic E-state index is 0.422. The molecule has 0 amide bonds. The van der Waals surface area contributed by atoms with Crippen molar-refractivity contribution in [1.29, 1.82) is 0 Å². The second-order valence-corrected chi connectivity index (χ2v) is 4.26. The molecule has 1 heterocycles. The summed E-state index contributed by atoms with van der Waals surface area (Å²) in [6.45, 7) is 0. The molecule has 0 saturated heterocycles. The molecule has 3 N–H and O–H groups in total. The number of H-pyrrole nitrogens is 1. The molecule has 0 aliphatic heterocycles. The van der Waals surface area contributed by atoms with Gasteiger partial charge in [0.05, 0.1) is 5.52 Å². The summed E-state index contributed by atoms with van der Waals surface area (Å²) in [5, 5.41) is 0. The Morgan fingerprint density at radius 2 is 1.78 bits per heavy atom. The first kappa shape index (κ1) is 10.7. The van der Waals surface area contributed by atoms with Crippen molar-refractivity contribution in [2.45, 2.75) is 6.42 Å². The van der Waals surface area contributed by atoms with Crippen LogP contribution in [-0.2, 0) is 6.42 Å². The van der Waals surface area contributed by atoms with Gasteiger partial charge in [0.2, 0.25) is 0 Å². The molecular formula is C14H12N2O2. The highest BCUT2D eigenvalue weighted by molar-refractivity contribution is 5.72. The fraction of sp³-hybridized carbons (Fsp3) is 0.0714. The van der Waals surface area contributed by atoms with Crippen molar-refractivity contribution in [3.63, 3.8) is 0 Å². The lowest BCUT2D eigenvalue weighted by molar-refractivity contribution is 0.555. The molecule has 4 heteroatoms. The SMILES string of the molecule is Nc1ccc(Cc2ccc3oc(=O)[nH]c3c2)cc1. The van der Waals surface area contributed by atoms with Gasteiger partial charge in [0.15, 0.2) is 5.58 Å². The molecule has 0 aliphatic rings. The van der Waals surface area contributed by atoms with Gasteiger partial charge >= 0.3 is 5.76 Å². The molecule has 0 aliphatic carbocycles. The van der Waals surface area contributed by atoms with Gasteiger partial charge in [-0.2, -0.15) is 0 Å². The van der Waals surface area contributed by atoms with Crippen molar-refractivity contribution in [3.05, 3.63) is 64.1 Å². The lowest BCUT2D eigenvalue weighted by atomic mass is 10.0. The van der Waals surface area contributed by atoms with E-state index in [1.54, 1.807) is 6.07 Å². The summed E-state index contributed by atoms with van der Waals surface area (Å²) in [7, 11) is 0. The van der Waals surface area contributed by atoms with Gasteiger partial charge in [-0.3, -0.25) is 4.98 Å². The zero-order chi connectivity index (χ0) is 12.5. The first-order chi connectivity index (χ1) is 8.70. The summed E-state index contributed by atoms with van der Waals surface area (Å²) in [5.74, 6) is -0.422. The summed E-state index contributed by atoms with van der Waals surface area (Å²) in [5.41, 5.74) is 10.0. The van der Waals surface area contributed by atoms with Gasteiger partial charge in [0.1, 0.15) is 0 Å². The summed E-state index contributed by atoms with van der Waals surface area (Å²) >= 11 is 0. The number of aromatic amines is 1. The minimum atomic E-state index is -0.422. The lowest BCUT2D eigenvalue weighted by Gasteiger charge is -2.02. The number of oxazole rings is 1. The van der Waals surface area contributed by atoms with E-state index in [2.05, 4.69) is 4.98 Å². The van der Waals surface area contributed by atoms with E-state index in [-0.39, 0.29) is 0 Å². The maximum absolute atomic E-state index is 11.1. The average Bonchev–Trinajstić information content (AvgIpc) is 2.71. The molecule has 0 saturated carbocycles. The van der Waals surface area contributed by atoms with Gasteiger partial charge in [0, 0.05) is 5.69 Å². The predicted octanol–water partition coefficient (Wildman–Crippen LogP) is 2.29. The highest BCUT2D eigenvalue weighted by Gasteiger charge is 2.02. The van der Waals surface area contributed by atoms with Crippen molar-refractivity contribution < 1.29 is 4.42 Å². The van der Waals surface area contributed by atoms with Gasteiger partial charge in [0.25, 0.3) is 0 Å². The van der Waals surface area contributed by atoms with Crippen LogP contribution >= 0.6 is 0 Å². The molecule has 0 fully saturated rings. The van der Waals surface area contributed by atoms with E-state index in [9.17, 15) is 4.79 Å². The Morgan fingerprint density at radius 3 is 2.56 bits per heavy atom. The molecule has 0 atom stereocenters. The standard InChI is InChI=1S/C14H12N2O2/c15-11-4-1-9(2-5-11)7-10-3-6-13-12(8-10)16-14(17)18-13/h1-6,8H,7,15H2,(H,16,17). The number of hydrogen-bond donors (Lipinski definition) is 2. The van der Waals surface area contributed by atoms with Crippen LogP contribution in [0.3, 0.4) is 0 Å². The molecule has 0 radical (unpaired) electrons. The first-order valence-electron chi connectivity index (χ1n) is 5.67. The van der Waals surface area contributed by atoms with Crippen LogP contribution in [0.25, 0.3) is 11.1 Å². The molecule has 0 bridgehead atoms. The van der Waals surface area contributed by atoms with Crippen LogP contribution in [0.4, 0.5) is 5.69 Å². The highest BCUT2D eigenvalue weighted by Crippen LogP contribution is 2.16. The largest absolute Gasteiger partial charge is 0.417 e. The molecule has 1 aromatic heterocycles. The van der Waals surface area contributed by atoms with E-state index in [1.165, 1.54) is 5.56 Å². The normalized spacial score (nSPS) is 10.9. The minimum Gasteiger partial charge on any atom is -0.408 e. The number of nitrogens with two attached hydrogens (primary N) is 1. The van der Waals surface area contributed by atoms with E-state index in [0.717, 1.165) is 23.2 Å². The van der Waals surface area contributed by atoms with Crippen LogP contribution in [-0.4, -0.2) is 4.98 Å². The molecule has 3 rings (SSSR count). The third-order valence-corrected chi connectivity index (χ3v) is 2.87. The van der Waals surface area contributed by atoms with Crippen molar-refractivity contribution in [2.24, 2.45) is 0 Å². The Balaban J connectivity index is 1.94. The molecule has 0 unspecified atom stereocenters. The van der Waals surface area contributed by atoms with Gasteiger partial charge in [-0.05, 0) is 41.8 Å². The number of nitrogens with one attached hydrogen (secondary N) is 1. The number of fused-ring (bicyclic) bond motifs is 1. The molecule has 4 nitrogen and oxygen atoms in total. The van der Waals surface area contributed by atoms with Crippen molar-refractivity contribution in [3.8, 4) is 0 Å². The monoisotopic (exact) mass is 240 g/mol. The smallest absolute Gasteiger partial charge is 0.408 e. The van der Waals surface area contributed by atoms with Gasteiger partial charge in [-0.15, -0.1) is 0 Å². The van der Waals surface area contributed by atoms with E-state index in [1.807, 2.05) is 36.4 Å². The van der Waals surface area contributed by atoms with Crippen molar-refractivity contribution in [1.82, 2.24) is 4.98 Å². The molecule has 0 spiro atoms. The van der Waals surface area contributed by atoms with Gasteiger partial charge in [-0.25, -0.2) is 4.79 Å². The average molecular weight is 240 g/mol. The fourth-order valence-corrected chi connectivity index (χ4v) is 1.98. The molecule has 18 heavy (non-hydrogen) atoms. The molecule has 90 valence electrons. The topological polar surface area (TPSA) is 72.0 Å². The van der Waals surface area contributed by atoms with Crippen LogP contribution in [0.2, 0.25) is 0 Å². The van der Waals surface area contributed by atoms with Crippen LogP contribution in [0.5, 0.6) is 0 Å². The molecule has 3 aromatic rings. The number of hydrogen-bond acceptors (Lipinski definition) is 3. The Hall–Kier alpha value is -2.49. The predicted molar refractivity (Wildman–Crippen MR) is 70.5 cm³/mol. The summed E-state index contributed by atoms with van der Waals surface area (Å²) in [6, 6.07) is 13.4. The summed E-state index contributed by atoms with van der Waals surface area (Å²) in [6.07, 6.45) is 0.795. The maximum atomic E-state index is 11.1. The van der Waals surface area contributed by atoms with E-state index >= 15 is 0 Å². The van der Waals surface area contributed by atoms with Crippen LogP contribution < -0.4 is 11.5 Å². The number of benzene rings is 2. The van der Waals surface area contributed by atoms with Crippen molar-refractivity contribution >= 4 is 16.8 Å².